The van der Waals surface area contributed by atoms with Gasteiger partial charge in [-0.05, 0) is 30.4 Å². The van der Waals surface area contributed by atoms with Gasteiger partial charge in [-0.3, -0.25) is 10.2 Å². The van der Waals surface area contributed by atoms with E-state index in [0.29, 0.717) is 17.7 Å². The molecule has 1 aliphatic heterocycles. The zero-order valence-corrected chi connectivity index (χ0v) is 13.5. The van der Waals surface area contributed by atoms with E-state index in [4.69, 9.17) is 0 Å². The third kappa shape index (κ3) is 3.61. The molecule has 0 saturated carbocycles. The predicted molar refractivity (Wildman–Crippen MR) is 87.0 cm³/mol. The number of carbonyl (C=O) groups is 1. The van der Waals surface area contributed by atoms with Gasteiger partial charge < -0.3 is 5.32 Å². The second-order valence-electron chi connectivity index (χ2n) is 5.11. The van der Waals surface area contributed by atoms with E-state index < -0.39 is 0 Å². The van der Waals surface area contributed by atoms with Crippen LogP contribution in [0.25, 0.3) is 0 Å². The van der Waals surface area contributed by atoms with Gasteiger partial charge in [-0.25, -0.2) is 9.78 Å². The van der Waals surface area contributed by atoms with Gasteiger partial charge in [0.2, 0.25) is 0 Å². The molecule has 0 bridgehead atoms. The highest BCUT2D eigenvalue weighted by Crippen LogP contribution is 2.24. The Hall–Kier alpha value is -1.44. The van der Waals surface area contributed by atoms with Crippen LogP contribution in [0.15, 0.2) is 23.0 Å². The Morgan fingerprint density at radius 2 is 2.38 bits per heavy atom. The van der Waals surface area contributed by atoms with Gasteiger partial charge in [0.15, 0.2) is 5.13 Å². The summed E-state index contributed by atoms with van der Waals surface area (Å²) in [6, 6.07) is 2.34. The molecule has 2 N–H and O–H groups in total. The van der Waals surface area contributed by atoms with E-state index in [1.165, 1.54) is 21.8 Å². The lowest BCUT2D eigenvalue weighted by Gasteiger charge is -2.32. The fourth-order valence-electron chi connectivity index (χ4n) is 2.44. The highest BCUT2D eigenvalue weighted by atomic mass is 32.1. The minimum Gasteiger partial charge on any atom is -0.336 e. The van der Waals surface area contributed by atoms with E-state index in [0.717, 1.165) is 19.5 Å². The number of thiazole rings is 1. The Kier molecular flexibility index (Phi) is 4.52. The van der Waals surface area contributed by atoms with Crippen molar-refractivity contribution in [2.45, 2.75) is 25.9 Å². The first-order valence-electron chi connectivity index (χ1n) is 6.96. The van der Waals surface area contributed by atoms with Crippen molar-refractivity contribution in [1.82, 2.24) is 15.2 Å². The number of thiophene rings is 1. The first kappa shape index (κ1) is 14.5. The quantitative estimate of drug-likeness (QED) is 0.910. The summed E-state index contributed by atoms with van der Waals surface area (Å²) in [5.74, 6) is 0. The summed E-state index contributed by atoms with van der Waals surface area (Å²) in [4.78, 5) is 19.7. The molecule has 0 unspecified atom stereocenters. The predicted octanol–water partition coefficient (Wildman–Crippen LogP) is 2.77. The van der Waals surface area contributed by atoms with Crippen LogP contribution in [0.2, 0.25) is 0 Å². The average Bonchev–Trinajstić information content (AvgIpc) is 3.14. The normalized spacial score (nSPS) is 16.2. The molecule has 1 atom stereocenters. The minimum atomic E-state index is -0.190. The molecular weight excluding hydrogens is 304 g/mol. The van der Waals surface area contributed by atoms with Crippen LogP contribution in [0.4, 0.5) is 9.93 Å². The van der Waals surface area contributed by atoms with Crippen LogP contribution in [0, 0.1) is 0 Å². The summed E-state index contributed by atoms with van der Waals surface area (Å²) >= 11 is 3.26. The summed E-state index contributed by atoms with van der Waals surface area (Å²) in [5.41, 5.74) is 1.44. The molecule has 2 aromatic rings. The number of carbonyl (C=O) groups excluding carboxylic acids is 1. The molecule has 21 heavy (non-hydrogen) atoms. The second-order valence-corrected chi connectivity index (χ2v) is 7.01. The zero-order chi connectivity index (χ0) is 14.7. The van der Waals surface area contributed by atoms with Crippen molar-refractivity contribution in [1.29, 1.82) is 0 Å². The maximum Gasteiger partial charge on any atom is 0.321 e. The molecule has 0 aromatic carbocycles. The molecule has 0 fully saturated rings. The van der Waals surface area contributed by atoms with Crippen molar-refractivity contribution in [2.75, 3.05) is 18.4 Å². The topological polar surface area (TPSA) is 57.3 Å². The third-order valence-electron chi connectivity index (χ3n) is 3.67. The van der Waals surface area contributed by atoms with Crippen LogP contribution < -0.4 is 10.6 Å². The van der Waals surface area contributed by atoms with E-state index in [1.807, 2.05) is 16.7 Å². The highest BCUT2D eigenvalue weighted by molar-refractivity contribution is 7.13. The monoisotopic (exact) mass is 322 g/mol. The molecule has 3 rings (SSSR count). The van der Waals surface area contributed by atoms with E-state index in [-0.39, 0.29) is 6.03 Å². The molecule has 2 aromatic heterocycles. The minimum absolute atomic E-state index is 0.190. The van der Waals surface area contributed by atoms with Gasteiger partial charge in [0, 0.05) is 42.1 Å². The summed E-state index contributed by atoms with van der Waals surface area (Å²) in [7, 11) is 0. The largest absolute Gasteiger partial charge is 0.336 e. The van der Waals surface area contributed by atoms with Gasteiger partial charge >= 0.3 is 6.03 Å². The number of aromatic nitrogens is 1. The van der Waals surface area contributed by atoms with Gasteiger partial charge in [-0.1, -0.05) is 0 Å². The van der Waals surface area contributed by atoms with E-state index in [2.05, 4.69) is 38.9 Å². The molecule has 2 amide bonds. The van der Waals surface area contributed by atoms with Gasteiger partial charge in [-0.15, -0.1) is 22.7 Å². The number of hydrogen-bond donors (Lipinski definition) is 2. The van der Waals surface area contributed by atoms with Crippen molar-refractivity contribution in [3.05, 3.63) is 33.5 Å². The molecule has 0 spiro atoms. The summed E-state index contributed by atoms with van der Waals surface area (Å²) < 4.78 is 0. The molecule has 5 nitrogen and oxygen atoms in total. The van der Waals surface area contributed by atoms with Crippen molar-refractivity contribution in [3.63, 3.8) is 0 Å². The van der Waals surface area contributed by atoms with Gasteiger partial charge in [-0.2, -0.15) is 0 Å². The summed E-state index contributed by atoms with van der Waals surface area (Å²) in [6.45, 7) is 4.83. The lowest BCUT2D eigenvalue weighted by Crippen LogP contribution is -2.45. The maximum absolute atomic E-state index is 11.8. The van der Waals surface area contributed by atoms with Crippen molar-refractivity contribution >= 4 is 33.8 Å². The number of fused-ring (bicyclic) bond motifs is 1. The number of anilines is 1. The molecule has 0 aliphatic carbocycles. The number of rotatable bonds is 4. The standard InChI is InChI=1S/C14H18N4OS2/c1-10(8-16-13(19)17-14-15-4-7-21-14)18-5-2-12-11(9-18)3-6-20-12/h3-4,6-7,10H,2,5,8-9H2,1H3,(H2,15,16,17,19)/t10-/m0/s1. The van der Waals surface area contributed by atoms with Crippen LogP contribution in [0.5, 0.6) is 0 Å². The summed E-state index contributed by atoms with van der Waals surface area (Å²) in [5, 5.41) is 10.3. The van der Waals surface area contributed by atoms with Crippen molar-refractivity contribution in [2.24, 2.45) is 0 Å². The molecule has 3 heterocycles. The summed E-state index contributed by atoms with van der Waals surface area (Å²) in [6.07, 6.45) is 2.79. The Labute approximate surface area is 132 Å². The first-order valence-corrected chi connectivity index (χ1v) is 8.72. The maximum atomic E-state index is 11.8. The van der Waals surface area contributed by atoms with Crippen molar-refractivity contribution < 1.29 is 4.79 Å². The Morgan fingerprint density at radius 3 is 3.19 bits per heavy atom. The van der Waals surface area contributed by atoms with Crippen LogP contribution in [0.1, 0.15) is 17.4 Å². The fraction of sp³-hybridized carbons (Fsp3) is 0.429. The van der Waals surface area contributed by atoms with E-state index >= 15 is 0 Å². The van der Waals surface area contributed by atoms with Crippen LogP contribution in [-0.4, -0.2) is 35.0 Å². The zero-order valence-electron chi connectivity index (χ0n) is 11.8. The van der Waals surface area contributed by atoms with Gasteiger partial charge in [0.05, 0.1) is 0 Å². The van der Waals surface area contributed by atoms with Crippen molar-refractivity contribution in [3.8, 4) is 0 Å². The average molecular weight is 322 g/mol. The molecule has 0 saturated heterocycles. The molecule has 7 heteroatoms. The van der Waals surface area contributed by atoms with Gasteiger partial charge in [0.25, 0.3) is 0 Å². The Balaban J connectivity index is 1.46. The number of urea groups is 1. The lowest BCUT2D eigenvalue weighted by molar-refractivity contribution is 0.188. The molecule has 1 aliphatic rings. The van der Waals surface area contributed by atoms with Crippen LogP contribution in [-0.2, 0) is 13.0 Å². The smallest absolute Gasteiger partial charge is 0.321 e. The molecular formula is C14H18N4OS2. The lowest BCUT2D eigenvalue weighted by atomic mass is 10.1. The number of nitrogens with zero attached hydrogens (tertiary/aromatic N) is 2. The fourth-order valence-corrected chi connectivity index (χ4v) is 3.86. The molecule has 0 radical (unpaired) electrons. The second kappa shape index (κ2) is 6.55. The van der Waals surface area contributed by atoms with E-state index in [1.54, 1.807) is 6.20 Å². The third-order valence-corrected chi connectivity index (χ3v) is 5.38. The number of hydrogen-bond acceptors (Lipinski definition) is 5. The first-order chi connectivity index (χ1) is 10.2. The highest BCUT2D eigenvalue weighted by Gasteiger charge is 2.21. The van der Waals surface area contributed by atoms with Crippen LogP contribution >= 0.6 is 22.7 Å². The number of nitrogens with one attached hydrogen (secondary N) is 2. The Morgan fingerprint density at radius 1 is 1.48 bits per heavy atom. The number of amides is 2. The van der Waals surface area contributed by atoms with Crippen LogP contribution in [0.3, 0.4) is 0 Å². The molecule has 112 valence electrons. The van der Waals surface area contributed by atoms with E-state index in [9.17, 15) is 4.79 Å². The van der Waals surface area contributed by atoms with Gasteiger partial charge in [0.1, 0.15) is 0 Å². The Bertz CT molecular complexity index is 596. The SMILES string of the molecule is C[C@@H](CNC(=O)Nc1nccs1)N1CCc2sccc2C1.